The van der Waals surface area contributed by atoms with E-state index in [1.807, 2.05) is 43.3 Å². The molecule has 1 atom stereocenters. The van der Waals surface area contributed by atoms with Gasteiger partial charge in [0.15, 0.2) is 0 Å². The summed E-state index contributed by atoms with van der Waals surface area (Å²) >= 11 is 0. The Morgan fingerprint density at radius 3 is 2.53 bits per heavy atom. The normalized spacial score (nSPS) is 15.0. The van der Waals surface area contributed by atoms with Crippen molar-refractivity contribution < 1.29 is 19.0 Å². The van der Waals surface area contributed by atoms with E-state index in [0.717, 1.165) is 28.9 Å². The lowest BCUT2D eigenvalue weighted by Gasteiger charge is -2.27. The number of esters is 1. The fraction of sp³-hybridized carbons (Fsp3) is 0.250. The molecule has 1 aliphatic heterocycles. The summed E-state index contributed by atoms with van der Waals surface area (Å²) < 4.78 is 17.1. The Labute approximate surface area is 224 Å². The van der Waals surface area contributed by atoms with Crippen molar-refractivity contribution in [2.45, 2.75) is 45.4 Å². The molecule has 0 spiro atoms. The van der Waals surface area contributed by atoms with Gasteiger partial charge in [0, 0.05) is 17.7 Å². The van der Waals surface area contributed by atoms with Gasteiger partial charge in [-0.1, -0.05) is 70.2 Å². The van der Waals surface area contributed by atoms with Gasteiger partial charge in [-0.25, -0.2) is 4.79 Å². The molecule has 0 amide bonds. The molecular weight excluding hydrogens is 476 g/mol. The Morgan fingerprint density at radius 1 is 1.08 bits per heavy atom. The first-order valence-electron chi connectivity index (χ1n) is 12.6. The van der Waals surface area contributed by atoms with Crippen molar-refractivity contribution in [3.63, 3.8) is 0 Å². The van der Waals surface area contributed by atoms with Gasteiger partial charge in [0.1, 0.15) is 28.9 Å². The zero-order valence-corrected chi connectivity index (χ0v) is 22.2. The monoisotopic (exact) mass is 508 g/mol. The zero-order chi connectivity index (χ0) is 27.3. The maximum absolute atomic E-state index is 12.5. The van der Waals surface area contributed by atoms with E-state index in [1.54, 1.807) is 24.3 Å². The van der Waals surface area contributed by atoms with Crippen molar-refractivity contribution >= 4 is 12.0 Å². The number of carbonyl (C=O) groups excluding carboxylic acids is 1. The van der Waals surface area contributed by atoms with E-state index < -0.39 is 11.9 Å². The van der Waals surface area contributed by atoms with Gasteiger partial charge in [-0.2, -0.15) is 5.26 Å². The molecule has 0 saturated heterocycles. The summed E-state index contributed by atoms with van der Waals surface area (Å²) in [6.07, 6.45) is 3.99. The van der Waals surface area contributed by atoms with Crippen molar-refractivity contribution in [3.05, 3.63) is 107 Å². The zero-order valence-electron chi connectivity index (χ0n) is 22.2. The van der Waals surface area contributed by atoms with Gasteiger partial charge in [-0.3, -0.25) is 0 Å². The minimum atomic E-state index is -0.515. The summed E-state index contributed by atoms with van der Waals surface area (Å²) in [5.41, 5.74) is 10.2. The summed E-state index contributed by atoms with van der Waals surface area (Å²) in [7, 11) is 0. The molecule has 194 valence electrons. The summed E-state index contributed by atoms with van der Waals surface area (Å²) in [5, 5.41) is 9.83. The summed E-state index contributed by atoms with van der Waals surface area (Å²) in [4.78, 5) is 12.5. The second-order valence-electron chi connectivity index (χ2n) is 10.2. The second-order valence-corrected chi connectivity index (χ2v) is 10.2. The van der Waals surface area contributed by atoms with E-state index in [0.29, 0.717) is 23.7 Å². The number of carbonyl (C=O) groups is 1. The fourth-order valence-electron chi connectivity index (χ4n) is 4.25. The lowest BCUT2D eigenvalue weighted by Crippen LogP contribution is -2.21. The van der Waals surface area contributed by atoms with Crippen LogP contribution >= 0.6 is 0 Å². The van der Waals surface area contributed by atoms with Crippen molar-refractivity contribution in [3.8, 4) is 23.3 Å². The number of nitriles is 1. The first-order chi connectivity index (χ1) is 18.2. The Bertz CT molecular complexity index is 1420. The van der Waals surface area contributed by atoms with Crippen LogP contribution in [-0.2, 0) is 10.2 Å². The van der Waals surface area contributed by atoms with Crippen LogP contribution in [0.1, 0.15) is 62.3 Å². The van der Waals surface area contributed by atoms with E-state index in [4.69, 9.17) is 19.9 Å². The molecule has 6 nitrogen and oxygen atoms in total. The number of nitrogens with two attached hydrogens (primary N) is 1. The Kier molecular flexibility index (Phi) is 7.87. The van der Waals surface area contributed by atoms with Gasteiger partial charge in [-0.15, -0.1) is 0 Å². The SMILES string of the molecule is CCCOc1cccc(C2C(C#N)=C(N)Oc3cc(OC(=O)/C=C/c4ccc(C(C)(C)C)cc4)ccc32)c1. The number of allylic oxidation sites excluding steroid dienone is 1. The third kappa shape index (κ3) is 6.07. The molecule has 3 aromatic rings. The molecule has 1 unspecified atom stereocenters. The highest BCUT2D eigenvalue weighted by Crippen LogP contribution is 2.44. The van der Waals surface area contributed by atoms with Crippen LogP contribution in [0.2, 0.25) is 0 Å². The quantitative estimate of drug-likeness (QED) is 0.219. The first-order valence-corrected chi connectivity index (χ1v) is 12.6. The first kappa shape index (κ1) is 26.6. The van der Waals surface area contributed by atoms with Crippen LogP contribution in [-0.4, -0.2) is 12.6 Å². The van der Waals surface area contributed by atoms with Crippen LogP contribution in [0, 0.1) is 11.3 Å². The third-order valence-electron chi connectivity index (χ3n) is 6.26. The predicted molar refractivity (Wildman–Crippen MR) is 148 cm³/mol. The number of rotatable bonds is 7. The molecule has 0 saturated carbocycles. The van der Waals surface area contributed by atoms with Crippen LogP contribution in [0.4, 0.5) is 0 Å². The third-order valence-corrected chi connectivity index (χ3v) is 6.26. The molecular formula is C32H32N2O4. The van der Waals surface area contributed by atoms with Crippen molar-refractivity contribution in [1.82, 2.24) is 0 Å². The minimum absolute atomic E-state index is 0.0203. The second kappa shape index (κ2) is 11.3. The van der Waals surface area contributed by atoms with Crippen molar-refractivity contribution in [2.75, 3.05) is 6.61 Å². The molecule has 38 heavy (non-hydrogen) atoms. The molecule has 0 bridgehead atoms. The highest BCUT2D eigenvalue weighted by Gasteiger charge is 2.31. The molecule has 2 N–H and O–H groups in total. The standard InChI is InChI=1S/C32H32N2O4/c1-5-17-36-24-8-6-7-22(18-24)30-26-15-14-25(19-28(26)38-31(34)27(30)20-33)37-29(35)16-11-21-9-12-23(13-10-21)32(2,3)4/h6-16,18-19,30H,5,17,34H2,1-4H3/b16-11+. The minimum Gasteiger partial charge on any atom is -0.494 e. The van der Waals surface area contributed by atoms with Gasteiger partial charge < -0.3 is 19.9 Å². The summed E-state index contributed by atoms with van der Waals surface area (Å²) in [6, 6.07) is 23.0. The largest absolute Gasteiger partial charge is 0.494 e. The smallest absolute Gasteiger partial charge is 0.336 e. The Balaban J connectivity index is 1.54. The average molecular weight is 509 g/mol. The molecule has 4 rings (SSSR count). The van der Waals surface area contributed by atoms with Gasteiger partial charge in [-0.05, 0) is 52.8 Å². The highest BCUT2D eigenvalue weighted by atomic mass is 16.5. The highest BCUT2D eigenvalue weighted by molar-refractivity contribution is 5.88. The van der Waals surface area contributed by atoms with E-state index in [1.165, 1.54) is 11.6 Å². The maximum atomic E-state index is 12.5. The summed E-state index contributed by atoms with van der Waals surface area (Å²) in [5.74, 6) is 0.534. The topological polar surface area (TPSA) is 94.6 Å². The van der Waals surface area contributed by atoms with Crippen LogP contribution in [0.25, 0.3) is 6.08 Å². The Hall–Kier alpha value is -4.50. The number of benzene rings is 3. The van der Waals surface area contributed by atoms with E-state index in [-0.39, 0.29) is 11.3 Å². The fourth-order valence-corrected chi connectivity index (χ4v) is 4.25. The van der Waals surface area contributed by atoms with E-state index in [2.05, 4.69) is 39.0 Å². The van der Waals surface area contributed by atoms with Crippen LogP contribution in [0.3, 0.4) is 0 Å². The molecule has 1 aliphatic rings. The van der Waals surface area contributed by atoms with Crippen LogP contribution in [0.5, 0.6) is 17.2 Å². The van der Waals surface area contributed by atoms with Gasteiger partial charge in [0.25, 0.3) is 0 Å². The average Bonchev–Trinajstić information content (AvgIpc) is 2.89. The van der Waals surface area contributed by atoms with Gasteiger partial charge >= 0.3 is 5.97 Å². The van der Waals surface area contributed by atoms with E-state index >= 15 is 0 Å². The van der Waals surface area contributed by atoms with E-state index in [9.17, 15) is 10.1 Å². The Morgan fingerprint density at radius 2 is 1.84 bits per heavy atom. The summed E-state index contributed by atoms with van der Waals surface area (Å²) in [6.45, 7) is 9.11. The van der Waals surface area contributed by atoms with Gasteiger partial charge in [0.2, 0.25) is 5.88 Å². The predicted octanol–water partition coefficient (Wildman–Crippen LogP) is 6.61. The lowest BCUT2D eigenvalue weighted by atomic mass is 9.83. The molecule has 0 aromatic heterocycles. The van der Waals surface area contributed by atoms with Crippen LogP contribution in [0.15, 0.2) is 84.3 Å². The number of fused-ring (bicyclic) bond motifs is 1. The molecule has 0 radical (unpaired) electrons. The molecule has 1 heterocycles. The molecule has 0 fully saturated rings. The lowest BCUT2D eigenvalue weighted by molar-refractivity contribution is -0.128. The number of ether oxygens (including phenoxy) is 3. The molecule has 3 aromatic carbocycles. The molecule has 0 aliphatic carbocycles. The van der Waals surface area contributed by atoms with Crippen LogP contribution < -0.4 is 19.9 Å². The number of hydrogen-bond acceptors (Lipinski definition) is 6. The number of nitrogens with zero attached hydrogens (tertiary/aromatic N) is 1. The molecule has 6 heteroatoms. The van der Waals surface area contributed by atoms with Crippen molar-refractivity contribution in [2.24, 2.45) is 5.73 Å². The number of hydrogen-bond donors (Lipinski definition) is 1. The maximum Gasteiger partial charge on any atom is 0.336 e. The van der Waals surface area contributed by atoms with Gasteiger partial charge in [0.05, 0.1) is 12.5 Å². The van der Waals surface area contributed by atoms with Crippen molar-refractivity contribution in [1.29, 1.82) is 5.26 Å².